The molecule has 2 saturated heterocycles. The molecule has 2 atom stereocenters. The molecule has 8 heteroatoms. The van der Waals surface area contributed by atoms with Crippen LogP contribution in [0.5, 0.6) is 0 Å². The number of pyridine rings is 1. The molecule has 2 N–H and O–H groups in total. The summed E-state index contributed by atoms with van der Waals surface area (Å²) in [7, 11) is 0. The second-order valence-corrected chi connectivity index (χ2v) is 10.9. The molecular formula is C30H40N4O4. The number of fused-ring (bicyclic) bond motifs is 1. The van der Waals surface area contributed by atoms with Crippen LogP contribution in [0.1, 0.15) is 67.7 Å². The van der Waals surface area contributed by atoms with Crippen molar-refractivity contribution in [3.8, 4) is 0 Å². The van der Waals surface area contributed by atoms with Crippen LogP contribution in [0.2, 0.25) is 0 Å². The maximum absolute atomic E-state index is 12.2. The number of hydrogen-bond acceptors (Lipinski definition) is 6. The van der Waals surface area contributed by atoms with Crippen molar-refractivity contribution in [1.29, 1.82) is 0 Å². The van der Waals surface area contributed by atoms with Crippen molar-refractivity contribution in [3.63, 3.8) is 0 Å². The third-order valence-electron chi connectivity index (χ3n) is 8.00. The minimum absolute atomic E-state index is 0.0104. The predicted molar refractivity (Wildman–Crippen MR) is 148 cm³/mol. The van der Waals surface area contributed by atoms with E-state index in [9.17, 15) is 14.7 Å². The van der Waals surface area contributed by atoms with Crippen LogP contribution in [0, 0.1) is 0 Å². The number of piperidine rings is 1. The van der Waals surface area contributed by atoms with E-state index in [0.29, 0.717) is 13.0 Å². The van der Waals surface area contributed by atoms with Gasteiger partial charge in [0.15, 0.2) is 0 Å². The number of nitrogens with zero attached hydrogens (tertiary/aromatic N) is 3. The summed E-state index contributed by atoms with van der Waals surface area (Å²) in [4.78, 5) is 33.0. The summed E-state index contributed by atoms with van der Waals surface area (Å²) in [5.74, 6) is 0.116. The molecule has 0 saturated carbocycles. The zero-order valence-corrected chi connectivity index (χ0v) is 22.2. The van der Waals surface area contributed by atoms with Gasteiger partial charge in [0.05, 0.1) is 19.1 Å². The molecular weight excluding hydrogens is 480 g/mol. The number of hydrogen-bond donors (Lipinski definition) is 2. The molecule has 1 aromatic heterocycles. The standard InChI is InChI=1S/C30H40N4O4/c35-28-11-5-17-34(28)26-9-1-6-23(18-26)24(19-29(36)37)21-38-27-10-4-16-33(20-27)15-3-8-25-13-12-22-7-2-14-31-30(22)32-25/h1,6,9,12-13,18,24,27H,2-5,7-8,10-11,14-17,19-21H2,(H,31,32)(H,36,37)/t24-,27-/m1/s1. The number of carbonyl (C=O) groups is 2. The van der Waals surface area contributed by atoms with Gasteiger partial charge in [0.25, 0.3) is 0 Å². The van der Waals surface area contributed by atoms with Crippen LogP contribution in [-0.4, -0.2) is 72.3 Å². The second-order valence-electron chi connectivity index (χ2n) is 10.9. The first kappa shape index (κ1) is 26.6. The summed E-state index contributed by atoms with van der Waals surface area (Å²) < 4.78 is 6.34. The average Bonchev–Trinajstić information content (AvgIpc) is 3.37. The van der Waals surface area contributed by atoms with E-state index >= 15 is 0 Å². The molecule has 2 fully saturated rings. The van der Waals surface area contributed by atoms with Crippen LogP contribution in [0.4, 0.5) is 11.5 Å². The fourth-order valence-electron chi connectivity index (χ4n) is 5.95. The number of anilines is 2. The van der Waals surface area contributed by atoms with Gasteiger partial charge in [0, 0.05) is 43.4 Å². The van der Waals surface area contributed by atoms with Crippen molar-refractivity contribution in [1.82, 2.24) is 9.88 Å². The number of aliphatic carboxylic acids is 1. The molecule has 1 amide bonds. The summed E-state index contributed by atoms with van der Waals surface area (Å²) in [6.45, 7) is 5.06. The summed E-state index contributed by atoms with van der Waals surface area (Å²) in [5.41, 5.74) is 4.25. The topological polar surface area (TPSA) is 95.0 Å². The Morgan fingerprint density at radius 3 is 2.92 bits per heavy atom. The number of amides is 1. The highest BCUT2D eigenvalue weighted by atomic mass is 16.5. The molecule has 2 aromatic rings. The molecule has 0 bridgehead atoms. The fraction of sp³-hybridized carbons (Fsp3) is 0.567. The number of rotatable bonds is 11. The molecule has 0 radical (unpaired) electrons. The van der Waals surface area contributed by atoms with Gasteiger partial charge in [-0.1, -0.05) is 18.2 Å². The molecule has 3 aliphatic heterocycles. The van der Waals surface area contributed by atoms with Crippen LogP contribution in [0.3, 0.4) is 0 Å². The molecule has 38 heavy (non-hydrogen) atoms. The number of aryl methyl sites for hydroxylation is 2. The largest absolute Gasteiger partial charge is 0.481 e. The minimum atomic E-state index is -0.836. The number of carboxylic acid groups (broad SMARTS) is 1. The van der Waals surface area contributed by atoms with Gasteiger partial charge < -0.3 is 25.0 Å². The average molecular weight is 521 g/mol. The van der Waals surface area contributed by atoms with Gasteiger partial charge in [0.2, 0.25) is 5.91 Å². The summed E-state index contributed by atoms with van der Waals surface area (Å²) in [5, 5.41) is 13.0. The zero-order chi connectivity index (χ0) is 26.3. The lowest BCUT2D eigenvalue weighted by Crippen LogP contribution is -2.40. The Bertz CT molecular complexity index is 1120. The van der Waals surface area contributed by atoms with Crippen LogP contribution in [0.15, 0.2) is 36.4 Å². The second kappa shape index (κ2) is 12.7. The number of benzene rings is 1. The molecule has 5 rings (SSSR count). The third-order valence-corrected chi connectivity index (χ3v) is 8.00. The number of carboxylic acids is 1. The molecule has 1 aromatic carbocycles. The lowest BCUT2D eigenvalue weighted by atomic mass is 9.95. The van der Waals surface area contributed by atoms with Crippen LogP contribution < -0.4 is 10.2 Å². The molecule has 3 aliphatic rings. The van der Waals surface area contributed by atoms with E-state index in [4.69, 9.17) is 9.72 Å². The molecule has 0 aliphatic carbocycles. The summed E-state index contributed by atoms with van der Waals surface area (Å²) in [6.07, 6.45) is 7.95. The Kier molecular flexibility index (Phi) is 8.91. The normalized spacial score (nSPS) is 20.7. The highest BCUT2D eigenvalue weighted by Crippen LogP contribution is 2.28. The number of ether oxygens (including phenoxy) is 1. The quantitative estimate of drug-likeness (QED) is 0.458. The van der Waals surface area contributed by atoms with Crippen LogP contribution in [-0.2, 0) is 27.2 Å². The Labute approximate surface area is 225 Å². The Hall–Kier alpha value is -2.97. The van der Waals surface area contributed by atoms with Crippen molar-refractivity contribution in [2.24, 2.45) is 0 Å². The van der Waals surface area contributed by atoms with Crippen molar-refractivity contribution in [3.05, 3.63) is 53.2 Å². The number of nitrogens with one attached hydrogen (secondary N) is 1. The van der Waals surface area contributed by atoms with E-state index in [-0.39, 0.29) is 24.3 Å². The van der Waals surface area contributed by atoms with Gasteiger partial charge >= 0.3 is 5.97 Å². The molecule has 4 heterocycles. The molecule has 0 unspecified atom stereocenters. The van der Waals surface area contributed by atoms with E-state index in [1.807, 2.05) is 24.3 Å². The first-order valence-corrected chi connectivity index (χ1v) is 14.2. The first-order chi connectivity index (χ1) is 18.5. The lowest BCUT2D eigenvalue weighted by Gasteiger charge is -2.33. The highest BCUT2D eigenvalue weighted by Gasteiger charge is 2.25. The SMILES string of the molecule is O=C(O)C[C@H](CO[C@@H]1CCCN(CCCc2ccc3c(n2)NCCC3)C1)c1cccc(N2CCCC2=O)c1. The van der Waals surface area contributed by atoms with Crippen molar-refractivity contribution >= 4 is 23.4 Å². The van der Waals surface area contributed by atoms with Crippen molar-refractivity contribution in [2.45, 2.75) is 69.8 Å². The number of aromatic nitrogens is 1. The van der Waals surface area contributed by atoms with E-state index < -0.39 is 5.97 Å². The van der Waals surface area contributed by atoms with Crippen LogP contribution in [0.25, 0.3) is 0 Å². The van der Waals surface area contributed by atoms with E-state index in [0.717, 1.165) is 94.0 Å². The monoisotopic (exact) mass is 520 g/mol. The maximum atomic E-state index is 12.2. The predicted octanol–water partition coefficient (Wildman–Crippen LogP) is 4.24. The van der Waals surface area contributed by atoms with Gasteiger partial charge in [-0.05, 0) is 87.4 Å². The maximum Gasteiger partial charge on any atom is 0.304 e. The van der Waals surface area contributed by atoms with Crippen LogP contribution >= 0.6 is 0 Å². The van der Waals surface area contributed by atoms with E-state index in [1.54, 1.807) is 4.90 Å². The Morgan fingerprint density at radius 1 is 1.16 bits per heavy atom. The Balaban J connectivity index is 1.12. The smallest absolute Gasteiger partial charge is 0.304 e. The van der Waals surface area contributed by atoms with Gasteiger partial charge in [0.1, 0.15) is 5.82 Å². The first-order valence-electron chi connectivity index (χ1n) is 14.2. The summed E-state index contributed by atoms with van der Waals surface area (Å²) >= 11 is 0. The number of carbonyl (C=O) groups excluding carboxylic acids is 1. The van der Waals surface area contributed by atoms with Crippen molar-refractivity contribution < 1.29 is 19.4 Å². The van der Waals surface area contributed by atoms with Gasteiger partial charge in [-0.15, -0.1) is 0 Å². The van der Waals surface area contributed by atoms with Gasteiger partial charge in [-0.2, -0.15) is 0 Å². The van der Waals surface area contributed by atoms with E-state index in [2.05, 4.69) is 22.3 Å². The number of likely N-dealkylation sites (tertiary alicyclic amines) is 1. The molecule has 8 nitrogen and oxygen atoms in total. The van der Waals surface area contributed by atoms with Gasteiger partial charge in [-0.3, -0.25) is 9.59 Å². The Morgan fingerprint density at radius 2 is 2.08 bits per heavy atom. The molecule has 204 valence electrons. The third kappa shape index (κ3) is 6.91. The highest BCUT2D eigenvalue weighted by molar-refractivity contribution is 5.95. The zero-order valence-electron chi connectivity index (χ0n) is 22.2. The summed E-state index contributed by atoms with van der Waals surface area (Å²) in [6, 6.07) is 12.2. The van der Waals surface area contributed by atoms with E-state index in [1.165, 1.54) is 12.0 Å². The van der Waals surface area contributed by atoms with Gasteiger partial charge in [-0.25, -0.2) is 4.98 Å². The fourth-order valence-corrected chi connectivity index (χ4v) is 5.95. The lowest BCUT2D eigenvalue weighted by molar-refractivity contribution is -0.138. The minimum Gasteiger partial charge on any atom is -0.481 e. The van der Waals surface area contributed by atoms with Crippen molar-refractivity contribution in [2.75, 3.05) is 49.5 Å². The molecule has 0 spiro atoms.